The maximum absolute atomic E-state index is 13.8. The van der Waals surface area contributed by atoms with Crippen LogP contribution in [-0.2, 0) is 14.4 Å². The first kappa shape index (κ1) is 25.3. The van der Waals surface area contributed by atoms with Crippen molar-refractivity contribution in [2.45, 2.75) is 38.8 Å². The van der Waals surface area contributed by atoms with Crippen molar-refractivity contribution in [3.8, 4) is 11.5 Å². The summed E-state index contributed by atoms with van der Waals surface area (Å²) in [5.74, 6) is -0.120. The van der Waals surface area contributed by atoms with Gasteiger partial charge in [-0.15, -0.1) is 0 Å². The molecule has 7 nitrogen and oxygen atoms in total. The average molecular weight is 565 g/mol. The highest BCUT2D eigenvalue weighted by Gasteiger charge is 2.60. The maximum Gasteiger partial charge on any atom is 0.266 e. The van der Waals surface area contributed by atoms with Gasteiger partial charge < -0.3 is 9.47 Å². The lowest BCUT2D eigenvalue weighted by Gasteiger charge is -2.29. The highest BCUT2D eigenvalue weighted by Crippen LogP contribution is 2.48. The first-order chi connectivity index (χ1) is 18.0. The van der Waals surface area contributed by atoms with Crippen LogP contribution in [0.3, 0.4) is 0 Å². The molecule has 0 spiro atoms. The van der Waals surface area contributed by atoms with Crippen LogP contribution in [0.25, 0.3) is 0 Å². The summed E-state index contributed by atoms with van der Waals surface area (Å²) in [4.78, 5) is 34.8. The molecule has 2 amide bonds. The van der Waals surface area contributed by atoms with Crippen molar-refractivity contribution in [2.75, 3.05) is 23.2 Å². The third-order valence-corrected chi connectivity index (χ3v) is 7.10. The smallest absolute Gasteiger partial charge is 0.266 e. The summed E-state index contributed by atoms with van der Waals surface area (Å²) in [6, 6.07) is 21.8. The number of carbonyl (C=O) groups excluding carboxylic acids is 2. The number of anilines is 2. The third-order valence-electron chi connectivity index (χ3n) is 6.58. The Labute approximate surface area is 225 Å². The van der Waals surface area contributed by atoms with Crippen LogP contribution >= 0.6 is 15.9 Å². The summed E-state index contributed by atoms with van der Waals surface area (Å²) in [6.45, 7) is 5.10. The topological polar surface area (TPSA) is 68.3 Å². The number of benzene rings is 3. The zero-order chi connectivity index (χ0) is 25.9. The van der Waals surface area contributed by atoms with Crippen LogP contribution in [0, 0.1) is 5.92 Å². The van der Waals surface area contributed by atoms with E-state index in [9.17, 15) is 9.59 Å². The molecule has 8 heteroatoms. The Balaban J connectivity index is 1.55. The molecule has 3 atom stereocenters. The molecule has 3 aromatic carbocycles. The van der Waals surface area contributed by atoms with Crippen LogP contribution < -0.4 is 19.4 Å². The number of hydrogen-bond donors (Lipinski definition) is 0. The second-order valence-corrected chi connectivity index (χ2v) is 9.90. The number of para-hydroxylation sites is 1. The van der Waals surface area contributed by atoms with Crippen molar-refractivity contribution in [2.24, 2.45) is 5.92 Å². The van der Waals surface area contributed by atoms with Gasteiger partial charge >= 0.3 is 0 Å². The minimum Gasteiger partial charge on any atom is -0.490 e. The monoisotopic (exact) mass is 564 g/mol. The number of hydroxylamine groups is 1. The van der Waals surface area contributed by atoms with Crippen LogP contribution in [-0.4, -0.2) is 31.1 Å². The predicted octanol–water partition coefficient (Wildman–Crippen LogP) is 6.08. The van der Waals surface area contributed by atoms with Gasteiger partial charge in [0.1, 0.15) is 5.92 Å². The van der Waals surface area contributed by atoms with Gasteiger partial charge in [-0.3, -0.25) is 14.4 Å². The number of ether oxygens (including phenoxy) is 2. The van der Waals surface area contributed by atoms with Gasteiger partial charge in [0.05, 0.1) is 30.6 Å². The first-order valence-electron chi connectivity index (χ1n) is 12.6. The average Bonchev–Trinajstić information content (AvgIpc) is 3.42. The molecule has 2 heterocycles. The molecule has 2 aliphatic rings. The number of fused-ring (bicyclic) bond motifs is 1. The molecular formula is C29H29BrN2O5. The van der Waals surface area contributed by atoms with Crippen molar-refractivity contribution < 1.29 is 23.9 Å². The van der Waals surface area contributed by atoms with Crippen LogP contribution in [0.1, 0.15) is 38.3 Å². The second-order valence-electron chi connectivity index (χ2n) is 8.99. The minimum absolute atomic E-state index is 0.290. The first-order valence-corrected chi connectivity index (χ1v) is 13.4. The van der Waals surface area contributed by atoms with Crippen LogP contribution in [0.15, 0.2) is 77.3 Å². The Hall–Kier alpha value is -3.36. The Morgan fingerprint density at radius 2 is 1.62 bits per heavy atom. The van der Waals surface area contributed by atoms with Crippen LogP contribution in [0.4, 0.5) is 11.4 Å². The van der Waals surface area contributed by atoms with E-state index in [-0.39, 0.29) is 11.8 Å². The van der Waals surface area contributed by atoms with E-state index in [4.69, 9.17) is 14.3 Å². The number of rotatable bonds is 9. The van der Waals surface area contributed by atoms with Gasteiger partial charge in [0.2, 0.25) is 5.91 Å². The van der Waals surface area contributed by atoms with Crippen molar-refractivity contribution in [3.63, 3.8) is 0 Å². The quantitative estimate of drug-likeness (QED) is 0.232. The number of imide groups is 1. The van der Waals surface area contributed by atoms with E-state index in [1.54, 1.807) is 17.2 Å². The molecular weight excluding hydrogens is 536 g/mol. The Morgan fingerprint density at radius 1 is 0.865 bits per heavy atom. The van der Waals surface area contributed by atoms with Crippen LogP contribution in [0.5, 0.6) is 11.5 Å². The largest absolute Gasteiger partial charge is 0.490 e. The van der Waals surface area contributed by atoms with Crippen molar-refractivity contribution in [1.82, 2.24) is 0 Å². The molecule has 0 radical (unpaired) electrons. The van der Waals surface area contributed by atoms with Gasteiger partial charge in [-0.05, 0) is 67.4 Å². The lowest BCUT2D eigenvalue weighted by Crippen LogP contribution is -2.37. The highest BCUT2D eigenvalue weighted by molar-refractivity contribution is 9.10. The van der Waals surface area contributed by atoms with Crippen molar-refractivity contribution in [3.05, 3.63) is 82.8 Å². The van der Waals surface area contributed by atoms with E-state index < -0.39 is 18.1 Å². The molecule has 0 saturated carbocycles. The predicted molar refractivity (Wildman–Crippen MR) is 145 cm³/mol. The van der Waals surface area contributed by atoms with E-state index >= 15 is 0 Å². The molecule has 0 N–H and O–H groups in total. The standard InChI is InChI=1S/C29H29BrN2O5/c1-3-5-17-36-23-16-11-19(18-24(23)35-4-2)26-25-27(37-32(26)22-9-7-6-8-10-22)29(34)31(28(25)33)21-14-12-20(30)13-15-21/h6-16,18,25-27H,3-5,17H2,1-2H3. The van der Waals surface area contributed by atoms with Gasteiger partial charge in [0, 0.05) is 4.47 Å². The number of halogens is 1. The van der Waals surface area contributed by atoms with E-state index in [0.717, 1.165) is 28.6 Å². The molecule has 37 heavy (non-hydrogen) atoms. The van der Waals surface area contributed by atoms with Crippen molar-refractivity contribution >= 4 is 39.1 Å². The van der Waals surface area contributed by atoms with E-state index in [1.165, 1.54) is 4.90 Å². The van der Waals surface area contributed by atoms with Gasteiger partial charge in [-0.25, -0.2) is 9.96 Å². The number of carbonyl (C=O) groups is 2. The lowest BCUT2D eigenvalue weighted by atomic mass is 9.90. The molecule has 2 saturated heterocycles. The maximum atomic E-state index is 13.8. The Morgan fingerprint density at radius 3 is 2.32 bits per heavy atom. The zero-order valence-electron chi connectivity index (χ0n) is 20.8. The number of nitrogens with zero attached hydrogens (tertiary/aromatic N) is 2. The van der Waals surface area contributed by atoms with E-state index in [1.807, 2.05) is 67.6 Å². The van der Waals surface area contributed by atoms with Gasteiger partial charge in [0.25, 0.3) is 5.91 Å². The molecule has 2 aliphatic heterocycles. The summed E-state index contributed by atoms with van der Waals surface area (Å²) in [6.07, 6.45) is 1.04. The molecule has 3 aromatic rings. The molecule has 3 unspecified atom stereocenters. The summed E-state index contributed by atoms with van der Waals surface area (Å²) in [7, 11) is 0. The number of hydrogen-bond acceptors (Lipinski definition) is 6. The fourth-order valence-corrected chi connectivity index (χ4v) is 5.08. The zero-order valence-corrected chi connectivity index (χ0v) is 22.4. The lowest BCUT2D eigenvalue weighted by molar-refractivity contribution is -0.126. The fourth-order valence-electron chi connectivity index (χ4n) is 4.82. The summed E-state index contributed by atoms with van der Waals surface area (Å²) >= 11 is 3.41. The molecule has 0 aromatic heterocycles. The summed E-state index contributed by atoms with van der Waals surface area (Å²) in [5, 5.41) is 1.69. The van der Waals surface area contributed by atoms with Gasteiger partial charge in [-0.1, -0.05) is 53.5 Å². The summed E-state index contributed by atoms with van der Waals surface area (Å²) in [5.41, 5.74) is 2.09. The molecule has 5 rings (SSSR count). The van der Waals surface area contributed by atoms with E-state index in [0.29, 0.717) is 30.4 Å². The van der Waals surface area contributed by atoms with Crippen molar-refractivity contribution in [1.29, 1.82) is 0 Å². The van der Waals surface area contributed by atoms with Crippen LogP contribution in [0.2, 0.25) is 0 Å². The summed E-state index contributed by atoms with van der Waals surface area (Å²) < 4.78 is 12.7. The fraction of sp³-hybridized carbons (Fsp3) is 0.310. The Kier molecular flexibility index (Phi) is 7.48. The molecule has 0 bridgehead atoms. The number of unbranched alkanes of at least 4 members (excludes halogenated alkanes) is 1. The Bertz CT molecular complexity index is 1270. The minimum atomic E-state index is -0.933. The molecule has 192 valence electrons. The van der Waals surface area contributed by atoms with E-state index in [2.05, 4.69) is 22.9 Å². The normalized spacial score (nSPS) is 20.9. The molecule has 0 aliphatic carbocycles. The van der Waals surface area contributed by atoms with Gasteiger partial charge in [0.15, 0.2) is 17.6 Å². The second kappa shape index (κ2) is 10.9. The SMILES string of the molecule is CCCCOc1ccc(C2C3C(=O)N(c4ccc(Br)cc4)C(=O)C3ON2c2ccccc2)cc1OCC. The highest BCUT2D eigenvalue weighted by atomic mass is 79.9. The molecule has 2 fully saturated rings. The third kappa shape index (κ3) is 4.83. The van der Waals surface area contributed by atoms with Gasteiger partial charge in [-0.2, -0.15) is 0 Å². The number of amides is 2.